The summed E-state index contributed by atoms with van der Waals surface area (Å²) < 4.78 is 13.2. The van der Waals surface area contributed by atoms with Gasteiger partial charge in [-0.05, 0) is 50.8 Å². The number of nitrogens with zero attached hydrogens (tertiary/aromatic N) is 2. The monoisotopic (exact) mass is 391 g/mol. The normalized spacial score (nSPS) is 19.4. The maximum atomic E-state index is 13.2. The van der Waals surface area contributed by atoms with Crippen LogP contribution in [0.4, 0.5) is 16.2 Å². The highest BCUT2D eigenvalue weighted by Gasteiger charge is 2.23. The van der Waals surface area contributed by atoms with E-state index in [0.717, 1.165) is 37.1 Å². The van der Waals surface area contributed by atoms with E-state index in [1.807, 2.05) is 14.0 Å². The van der Waals surface area contributed by atoms with Gasteiger partial charge in [0.25, 0.3) is 5.91 Å². The van der Waals surface area contributed by atoms with Crippen molar-refractivity contribution in [2.45, 2.75) is 44.7 Å². The smallest absolute Gasteiger partial charge is 0.251 e. The highest BCUT2D eigenvalue weighted by molar-refractivity contribution is 6.31. The van der Waals surface area contributed by atoms with Crippen molar-refractivity contribution < 1.29 is 9.18 Å². The second kappa shape index (κ2) is 8.52. The van der Waals surface area contributed by atoms with Crippen LogP contribution in [0.3, 0.4) is 0 Å². The quantitative estimate of drug-likeness (QED) is 0.723. The van der Waals surface area contributed by atoms with E-state index in [0.29, 0.717) is 11.5 Å². The van der Waals surface area contributed by atoms with Gasteiger partial charge in [0.05, 0.1) is 5.02 Å². The van der Waals surface area contributed by atoms with Crippen molar-refractivity contribution in [1.29, 1.82) is 0 Å². The molecule has 1 amide bonds. The molecule has 0 radical (unpaired) electrons. The lowest BCUT2D eigenvalue weighted by Gasteiger charge is -2.29. The first-order chi connectivity index (χ1) is 13.0. The van der Waals surface area contributed by atoms with Crippen LogP contribution < -0.4 is 16.0 Å². The zero-order valence-electron chi connectivity index (χ0n) is 15.4. The molecule has 1 aromatic heterocycles. The number of carbonyl (C=O) groups is 1. The number of amides is 1. The SMILES string of the molecule is CNc1nc(NC2CCC(NC(=O)c3ccc(F)c(Cl)c3)CC2)ncc1C. The molecule has 3 N–H and O–H groups in total. The number of hydrogen-bond acceptors (Lipinski definition) is 5. The zero-order valence-corrected chi connectivity index (χ0v) is 16.1. The second-order valence-electron chi connectivity index (χ2n) is 6.77. The van der Waals surface area contributed by atoms with Gasteiger partial charge in [0.15, 0.2) is 0 Å². The van der Waals surface area contributed by atoms with Gasteiger partial charge in [0.1, 0.15) is 11.6 Å². The predicted molar refractivity (Wildman–Crippen MR) is 105 cm³/mol. The number of benzene rings is 1. The van der Waals surface area contributed by atoms with Crippen LogP contribution in [-0.2, 0) is 0 Å². The van der Waals surface area contributed by atoms with Crippen molar-refractivity contribution in [3.05, 3.63) is 46.4 Å². The molecule has 6 nitrogen and oxygen atoms in total. The van der Waals surface area contributed by atoms with Crippen molar-refractivity contribution in [2.75, 3.05) is 17.7 Å². The molecule has 1 aliphatic carbocycles. The lowest BCUT2D eigenvalue weighted by Crippen LogP contribution is -2.40. The topological polar surface area (TPSA) is 78.9 Å². The van der Waals surface area contributed by atoms with Crippen molar-refractivity contribution in [1.82, 2.24) is 15.3 Å². The maximum absolute atomic E-state index is 13.2. The van der Waals surface area contributed by atoms with Crippen LogP contribution in [0, 0.1) is 12.7 Å². The van der Waals surface area contributed by atoms with Gasteiger partial charge in [-0.3, -0.25) is 4.79 Å². The maximum Gasteiger partial charge on any atom is 0.251 e. The molecular formula is C19H23ClFN5O. The number of anilines is 2. The summed E-state index contributed by atoms with van der Waals surface area (Å²) in [6.07, 6.45) is 5.30. The Morgan fingerprint density at radius 1 is 1.22 bits per heavy atom. The van der Waals surface area contributed by atoms with E-state index < -0.39 is 5.82 Å². The lowest BCUT2D eigenvalue weighted by molar-refractivity contribution is 0.0926. The van der Waals surface area contributed by atoms with Crippen molar-refractivity contribution in [2.24, 2.45) is 0 Å². The molecule has 0 bridgehead atoms. The van der Waals surface area contributed by atoms with Gasteiger partial charge < -0.3 is 16.0 Å². The summed E-state index contributed by atoms with van der Waals surface area (Å²) >= 11 is 5.75. The van der Waals surface area contributed by atoms with Gasteiger partial charge in [-0.15, -0.1) is 0 Å². The fourth-order valence-electron chi connectivity index (χ4n) is 3.24. The third kappa shape index (κ3) is 4.86. The third-order valence-electron chi connectivity index (χ3n) is 4.79. The summed E-state index contributed by atoms with van der Waals surface area (Å²) in [7, 11) is 1.83. The first-order valence-electron chi connectivity index (χ1n) is 9.00. The van der Waals surface area contributed by atoms with E-state index >= 15 is 0 Å². The van der Waals surface area contributed by atoms with E-state index in [1.165, 1.54) is 18.2 Å². The minimum Gasteiger partial charge on any atom is -0.373 e. The number of halogens is 2. The Balaban J connectivity index is 1.51. The predicted octanol–water partition coefficient (Wildman–Crippen LogP) is 3.77. The van der Waals surface area contributed by atoms with Crippen molar-refractivity contribution in [3.8, 4) is 0 Å². The number of hydrogen-bond donors (Lipinski definition) is 3. The van der Waals surface area contributed by atoms with E-state index in [4.69, 9.17) is 11.6 Å². The van der Waals surface area contributed by atoms with Crippen molar-refractivity contribution in [3.63, 3.8) is 0 Å². The molecule has 8 heteroatoms. The van der Waals surface area contributed by atoms with Gasteiger partial charge in [0, 0.05) is 36.5 Å². The van der Waals surface area contributed by atoms with Crippen LogP contribution in [0.2, 0.25) is 5.02 Å². The first-order valence-corrected chi connectivity index (χ1v) is 9.38. The Morgan fingerprint density at radius 2 is 1.93 bits per heavy atom. The van der Waals surface area contributed by atoms with Gasteiger partial charge in [-0.25, -0.2) is 9.37 Å². The van der Waals surface area contributed by atoms with Crippen LogP contribution in [0.15, 0.2) is 24.4 Å². The molecule has 1 aliphatic rings. The number of rotatable bonds is 5. The summed E-state index contributed by atoms with van der Waals surface area (Å²) in [6, 6.07) is 4.36. The van der Waals surface area contributed by atoms with Crippen molar-refractivity contribution >= 4 is 29.3 Å². The van der Waals surface area contributed by atoms with Gasteiger partial charge in [0.2, 0.25) is 5.95 Å². The fraction of sp³-hybridized carbons (Fsp3) is 0.421. The fourth-order valence-corrected chi connectivity index (χ4v) is 3.42. The Labute approximate surface area is 162 Å². The molecule has 0 atom stereocenters. The minimum absolute atomic E-state index is 0.0467. The molecule has 0 aliphatic heterocycles. The number of aryl methyl sites for hydroxylation is 1. The lowest BCUT2D eigenvalue weighted by atomic mass is 9.91. The van der Waals surface area contributed by atoms with Crippen LogP contribution in [0.5, 0.6) is 0 Å². The molecule has 1 saturated carbocycles. The zero-order chi connectivity index (χ0) is 19.4. The first kappa shape index (κ1) is 19.4. The molecule has 0 unspecified atom stereocenters. The Hall–Kier alpha value is -2.41. The summed E-state index contributed by atoms with van der Waals surface area (Å²) in [5.74, 6) is 0.665. The number of aromatic nitrogens is 2. The van der Waals surface area contributed by atoms with E-state index in [2.05, 4.69) is 25.9 Å². The Morgan fingerprint density at radius 3 is 2.59 bits per heavy atom. The van der Waals surface area contributed by atoms with Crippen LogP contribution in [0.25, 0.3) is 0 Å². The molecule has 144 valence electrons. The minimum atomic E-state index is -0.528. The molecule has 1 fully saturated rings. The summed E-state index contributed by atoms with van der Waals surface area (Å²) in [5, 5.41) is 9.38. The standard InChI is InChI=1S/C19H23ClFN5O/c1-11-10-23-19(26-17(11)22-2)25-14-6-4-13(5-7-14)24-18(27)12-3-8-16(21)15(20)9-12/h3,8-10,13-14H,4-7H2,1-2H3,(H,24,27)(H2,22,23,25,26). The van der Waals surface area contributed by atoms with Gasteiger partial charge in [-0.2, -0.15) is 4.98 Å². The summed E-state index contributed by atoms with van der Waals surface area (Å²) in [6.45, 7) is 1.96. The van der Waals surface area contributed by atoms with Crippen LogP contribution in [0.1, 0.15) is 41.6 Å². The molecule has 3 rings (SSSR count). The van der Waals surface area contributed by atoms with E-state index in [-0.39, 0.29) is 23.0 Å². The molecule has 0 saturated heterocycles. The molecule has 27 heavy (non-hydrogen) atoms. The van der Waals surface area contributed by atoms with Gasteiger partial charge >= 0.3 is 0 Å². The Bertz CT molecular complexity index is 824. The highest BCUT2D eigenvalue weighted by Crippen LogP contribution is 2.23. The largest absolute Gasteiger partial charge is 0.373 e. The summed E-state index contributed by atoms with van der Waals surface area (Å²) in [4.78, 5) is 21.1. The number of nitrogens with one attached hydrogen (secondary N) is 3. The molecular weight excluding hydrogens is 369 g/mol. The summed E-state index contributed by atoms with van der Waals surface area (Å²) in [5.41, 5.74) is 1.37. The van der Waals surface area contributed by atoms with E-state index in [1.54, 1.807) is 6.20 Å². The molecule has 1 heterocycles. The van der Waals surface area contributed by atoms with E-state index in [9.17, 15) is 9.18 Å². The molecule has 0 spiro atoms. The van der Waals surface area contributed by atoms with Gasteiger partial charge in [-0.1, -0.05) is 11.6 Å². The third-order valence-corrected chi connectivity index (χ3v) is 5.08. The molecule has 1 aromatic carbocycles. The second-order valence-corrected chi connectivity index (χ2v) is 7.18. The number of carbonyl (C=O) groups excluding carboxylic acids is 1. The average molecular weight is 392 g/mol. The molecule has 2 aromatic rings. The van der Waals surface area contributed by atoms with Crippen LogP contribution in [-0.4, -0.2) is 35.0 Å². The highest BCUT2D eigenvalue weighted by atomic mass is 35.5. The van der Waals surface area contributed by atoms with Crippen LogP contribution >= 0.6 is 11.6 Å². The average Bonchev–Trinajstić information content (AvgIpc) is 2.67. The Kier molecular flexibility index (Phi) is 6.11.